The number of hydrogen-bond donors (Lipinski definition) is 2. The van der Waals surface area contributed by atoms with Gasteiger partial charge >= 0.3 is 0 Å². The molecule has 2 aromatic rings. The van der Waals surface area contributed by atoms with Crippen molar-refractivity contribution in [3.05, 3.63) is 41.8 Å². The van der Waals surface area contributed by atoms with Crippen LogP contribution in [0.3, 0.4) is 0 Å². The van der Waals surface area contributed by atoms with Crippen LogP contribution in [-0.4, -0.2) is 38.2 Å². The van der Waals surface area contributed by atoms with Crippen molar-refractivity contribution in [2.24, 2.45) is 5.92 Å². The Morgan fingerprint density at radius 2 is 2.16 bits per heavy atom. The first-order valence-electron chi connectivity index (χ1n) is 8.13. The summed E-state index contributed by atoms with van der Waals surface area (Å²) in [5.74, 6) is -0.886. The molecule has 1 aromatic carbocycles. The number of halogens is 1. The highest BCUT2D eigenvalue weighted by atomic mass is 32.2. The first-order chi connectivity index (χ1) is 11.8. The van der Waals surface area contributed by atoms with Gasteiger partial charge in [-0.05, 0) is 37.0 Å². The van der Waals surface area contributed by atoms with Crippen LogP contribution < -0.4 is 10.0 Å². The first kappa shape index (κ1) is 17.8. The van der Waals surface area contributed by atoms with Crippen molar-refractivity contribution in [2.45, 2.75) is 25.3 Å². The van der Waals surface area contributed by atoms with Gasteiger partial charge in [0.15, 0.2) is 0 Å². The summed E-state index contributed by atoms with van der Waals surface area (Å²) in [5.41, 5.74) is 0.625. The number of carbonyl (C=O) groups is 1. The Balaban J connectivity index is 1.73. The standard InChI is InChI=1S/C17H20FN3O3S/c1-25(23,24)21-15-6-2-4-12(15)10-20-17(22)14-9-13(18)8-11-5-3-7-19-16(11)14/h3,5,7-9,12,15,21H,2,4,6,10H2,1H3,(H,20,22). The fourth-order valence-electron chi connectivity index (χ4n) is 3.36. The molecule has 1 amide bonds. The van der Waals surface area contributed by atoms with Gasteiger partial charge in [-0.25, -0.2) is 17.5 Å². The summed E-state index contributed by atoms with van der Waals surface area (Å²) < 4.78 is 39.2. The maximum absolute atomic E-state index is 13.8. The van der Waals surface area contributed by atoms with E-state index in [0.717, 1.165) is 25.5 Å². The second-order valence-corrected chi connectivity index (χ2v) is 8.21. The largest absolute Gasteiger partial charge is 0.352 e. The third kappa shape index (κ3) is 4.32. The number of fused-ring (bicyclic) bond motifs is 1. The highest BCUT2D eigenvalue weighted by molar-refractivity contribution is 7.88. The van der Waals surface area contributed by atoms with Crippen LogP contribution in [-0.2, 0) is 10.0 Å². The van der Waals surface area contributed by atoms with Gasteiger partial charge < -0.3 is 5.32 Å². The fourth-order valence-corrected chi connectivity index (χ4v) is 4.22. The van der Waals surface area contributed by atoms with Gasteiger partial charge in [-0.1, -0.05) is 12.5 Å². The Bertz CT molecular complexity index is 901. The van der Waals surface area contributed by atoms with Crippen molar-refractivity contribution in [1.82, 2.24) is 15.0 Å². The SMILES string of the molecule is CS(=O)(=O)NC1CCCC1CNC(=O)c1cc(F)cc2cccnc12. The molecule has 1 aliphatic rings. The maximum atomic E-state index is 13.8. The molecule has 1 aliphatic carbocycles. The number of hydrogen-bond acceptors (Lipinski definition) is 4. The molecule has 2 unspecified atom stereocenters. The zero-order chi connectivity index (χ0) is 18.0. The molecule has 3 rings (SSSR count). The van der Waals surface area contributed by atoms with Crippen molar-refractivity contribution in [2.75, 3.05) is 12.8 Å². The molecule has 6 nitrogen and oxygen atoms in total. The second kappa shape index (κ2) is 7.05. The summed E-state index contributed by atoms with van der Waals surface area (Å²) in [5, 5.41) is 3.36. The summed E-state index contributed by atoms with van der Waals surface area (Å²) in [7, 11) is -3.29. The van der Waals surface area contributed by atoms with Gasteiger partial charge in [-0.15, -0.1) is 0 Å². The van der Waals surface area contributed by atoms with E-state index in [4.69, 9.17) is 0 Å². The molecular weight excluding hydrogens is 345 g/mol. The number of aromatic nitrogens is 1. The van der Waals surface area contributed by atoms with Crippen molar-refractivity contribution in [3.63, 3.8) is 0 Å². The van der Waals surface area contributed by atoms with Crippen molar-refractivity contribution >= 4 is 26.8 Å². The summed E-state index contributed by atoms with van der Waals surface area (Å²) in [4.78, 5) is 16.7. The molecule has 0 saturated heterocycles. The Kier molecular flexibility index (Phi) is 5.01. The molecular formula is C17H20FN3O3S. The smallest absolute Gasteiger partial charge is 0.253 e. The van der Waals surface area contributed by atoms with Gasteiger partial charge in [0.2, 0.25) is 10.0 Å². The summed E-state index contributed by atoms with van der Waals surface area (Å²) in [6.45, 7) is 0.330. The van der Waals surface area contributed by atoms with Crippen molar-refractivity contribution in [3.8, 4) is 0 Å². The van der Waals surface area contributed by atoms with Gasteiger partial charge in [0, 0.05) is 24.2 Å². The summed E-state index contributed by atoms with van der Waals surface area (Å²) in [6.07, 6.45) is 5.16. The zero-order valence-corrected chi connectivity index (χ0v) is 14.6. The normalized spacial score (nSPS) is 20.7. The average Bonchev–Trinajstić information content (AvgIpc) is 2.96. The Morgan fingerprint density at radius 3 is 2.92 bits per heavy atom. The third-order valence-electron chi connectivity index (χ3n) is 4.46. The second-order valence-electron chi connectivity index (χ2n) is 6.43. The lowest BCUT2D eigenvalue weighted by Crippen LogP contribution is -2.41. The van der Waals surface area contributed by atoms with Crippen LogP contribution in [0.25, 0.3) is 10.9 Å². The van der Waals surface area contributed by atoms with Crippen molar-refractivity contribution < 1.29 is 17.6 Å². The number of sulfonamides is 1. The van der Waals surface area contributed by atoms with Crippen LogP contribution in [0, 0.1) is 11.7 Å². The van der Waals surface area contributed by atoms with Gasteiger partial charge in [0.25, 0.3) is 5.91 Å². The minimum absolute atomic E-state index is 0.0199. The number of benzene rings is 1. The molecule has 0 radical (unpaired) electrons. The molecule has 1 fully saturated rings. The van der Waals surface area contributed by atoms with E-state index >= 15 is 0 Å². The van der Waals surface area contributed by atoms with Crippen LogP contribution in [0.5, 0.6) is 0 Å². The molecule has 2 N–H and O–H groups in total. The number of rotatable bonds is 5. The minimum atomic E-state index is -3.29. The van der Waals surface area contributed by atoms with E-state index in [2.05, 4.69) is 15.0 Å². The van der Waals surface area contributed by atoms with E-state index < -0.39 is 21.7 Å². The summed E-state index contributed by atoms with van der Waals surface area (Å²) in [6, 6.07) is 5.71. The lowest BCUT2D eigenvalue weighted by molar-refractivity contribution is 0.0947. The van der Waals surface area contributed by atoms with E-state index in [9.17, 15) is 17.6 Å². The highest BCUT2D eigenvalue weighted by Crippen LogP contribution is 2.26. The van der Waals surface area contributed by atoms with Crippen LogP contribution >= 0.6 is 0 Å². The van der Waals surface area contributed by atoms with E-state index in [-0.39, 0.29) is 17.5 Å². The number of amides is 1. The number of nitrogens with zero attached hydrogens (tertiary/aromatic N) is 1. The molecule has 0 bridgehead atoms. The fraction of sp³-hybridized carbons (Fsp3) is 0.412. The third-order valence-corrected chi connectivity index (χ3v) is 5.19. The molecule has 25 heavy (non-hydrogen) atoms. The minimum Gasteiger partial charge on any atom is -0.352 e. The monoisotopic (exact) mass is 365 g/mol. The Morgan fingerprint density at radius 1 is 1.36 bits per heavy atom. The average molecular weight is 365 g/mol. The number of nitrogens with one attached hydrogen (secondary N) is 2. The topological polar surface area (TPSA) is 88.2 Å². The molecule has 1 heterocycles. The predicted molar refractivity (Wildman–Crippen MR) is 93.1 cm³/mol. The van der Waals surface area contributed by atoms with Gasteiger partial charge in [0.1, 0.15) is 5.82 Å². The Labute approximate surface area is 145 Å². The molecule has 1 saturated carbocycles. The molecule has 0 spiro atoms. The lowest BCUT2D eigenvalue weighted by atomic mass is 10.0. The van der Waals surface area contributed by atoms with Crippen LogP contribution in [0.15, 0.2) is 30.5 Å². The molecule has 8 heteroatoms. The zero-order valence-electron chi connectivity index (χ0n) is 13.8. The van der Waals surface area contributed by atoms with E-state index in [1.165, 1.54) is 12.1 Å². The number of pyridine rings is 1. The highest BCUT2D eigenvalue weighted by Gasteiger charge is 2.29. The lowest BCUT2D eigenvalue weighted by Gasteiger charge is -2.20. The molecule has 0 aliphatic heterocycles. The van der Waals surface area contributed by atoms with E-state index in [1.54, 1.807) is 18.3 Å². The first-order valence-corrected chi connectivity index (χ1v) is 10.0. The predicted octanol–water partition coefficient (Wildman–Crippen LogP) is 1.82. The van der Waals surface area contributed by atoms with Gasteiger partial charge in [-0.3, -0.25) is 9.78 Å². The van der Waals surface area contributed by atoms with Gasteiger partial charge in [-0.2, -0.15) is 0 Å². The quantitative estimate of drug-likeness (QED) is 0.846. The molecule has 2 atom stereocenters. The van der Waals surface area contributed by atoms with Gasteiger partial charge in [0.05, 0.1) is 17.3 Å². The van der Waals surface area contributed by atoms with E-state index in [0.29, 0.717) is 17.4 Å². The summed E-state index contributed by atoms with van der Waals surface area (Å²) >= 11 is 0. The Hall–Kier alpha value is -2.06. The van der Waals surface area contributed by atoms with Crippen LogP contribution in [0.2, 0.25) is 0 Å². The molecule has 134 valence electrons. The maximum Gasteiger partial charge on any atom is 0.253 e. The van der Waals surface area contributed by atoms with Crippen molar-refractivity contribution in [1.29, 1.82) is 0 Å². The number of carbonyl (C=O) groups excluding carboxylic acids is 1. The molecule has 1 aromatic heterocycles. The van der Waals surface area contributed by atoms with Crippen LogP contribution in [0.1, 0.15) is 29.6 Å². The van der Waals surface area contributed by atoms with E-state index in [1.807, 2.05) is 0 Å². The van der Waals surface area contributed by atoms with Crippen LogP contribution in [0.4, 0.5) is 4.39 Å².